The number of ether oxygens (including phenoxy) is 1. The second-order valence-electron chi connectivity index (χ2n) is 8.53. The van der Waals surface area contributed by atoms with E-state index in [1.807, 2.05) is 0 Å². The van der Waals surface area contributed by atoms with E-state index in [4.69, 9.17) is 4.74 Å². The van der Waals surface area contributed by atoms with Crippen LogP contribution in [0.3, 0.4) is 0 Å². The third-order valence-corrected chi connectivity index (χ3v) is 6.65. The zero-order chi connectivity index (χ0) is 17.5. The molecule has 0 bridgehead atoms. The Labute approximate surface area is 147 Å². The molecular formula is C21H38F2O. The molecule has 2 saturated carbocycles. The summed E-state index contributed by atoms with van der Waals surface area (Å²) in [4.78, 5) is 0. The quantitative estimate of drug-likeness (QED) is 0.434. The molecule has 0 aliphatic heterocycles. The molecule has 0 aromatic rings. The normalized spacial score (nSPS) is 37.9. The third-order valence-electron chi connectivity index (χ3n) is 6.65. The zero-order valence-corrected chi connectivity index (χ0v) is 16.0. The van der Waals surface area contributed by atoms with Crippen LogP contribution in [0, 0.1) is 23.7 Å². The summed E-state index contributed by atoms with van der Waals surface area (Å²) in [6, 6.07) is 0. The van der Waals surface area contributed by atoms with Gasteiger partial charge in [0.05, 0.1) is 6.10 Å². The largest absolute Gasteiger partial charge is 0.378 e. The van der Waals surface area contributed by atoms with Crippen molar-refractivity contribution < 1.29 is 13.5 Å². The van der Waals surface area contributed by atoms with Crippen molar-refractivity contribution in [3.05, 3.63) is 0 Å². The molecule has 24 heavy (non-hydrogen) atoms. The summed E-state index contributed by atoms with van der Waals surface area (Å²) in [7, 11) is 1.51. The molecule has 7 atom stereocenters. The van der Waals surface area contributed by atoms with Gasteiger partial charge in [0.1, 0.15) is 6.17 Å². The molecule has 142 valence electrons. The maximum Gasteiger partial charge on any atom is 0.157 e. The first-order valence-electron chi connectivity index (χ1n) is 10.4. The molecule has 0 aromatic carbocycles. The molecule has 2 rings (SSSR count). The van der Waals surface area contributed by atoms with Crippen LogP contribution in [-0.4, -0.2) is 25.6 Å². The van der Waals surface area contributed by atoms with E-state index in [1.165, 1.54) is 58.5 Å². The van der Waals surface area contributed by atoms with Gasteiger partial charge in [-0.15, -0.1) is 0 Å². The van der Waals surface area contributed by atoms with Crippen molar-refractivity contribution in [2.45, 2.75) is 103 Å². The monoisotopic (exact) mass is 344 g/mol. The summed E-state index contributed by atoms with van der Waals surface area (Å²) in [6.45, 7) is 4.61. The molecule has 2 aliphatic carbocycles. The van der Waals surface area contributed by atoms with Crippen molar-refractivity contribution >= 4 is 0 Å². The Morgan fingerprint density at radius 1 is 1.00 bits per heavy atom. The van der Waals surface area contributed by atoms with Gasteiger partial charge in [-0.3, -0.25) is 0 Å². The van der Waals surface area contributed by atoms with Gasteiger partial charge in [0.2, 0.25) is 0 Å². The minimum atomic E-state index is -1.42. The number of alkyl halides is 2. The van der Waals surface area contributed by atoms with Crippen molar-refractivity contribution in [1.82, 2.24) is 0 Å². The van der Waals surface area contributed by atoms with Gasteiger partial charge in [-0.2, -0.15) is 0 Å². The smallest absolute Gasteiger partial charge is 0.157 e. The molecule has 7 unspecified atom stereocenters. The fourth-order valence-corrected chi connectivity index (χ4v) is 5.14. The summed E-state index contributed by atoms with van der Waals surface area (Å²) in [5.41, 5.74) is 0. The highest BCUT2D eigenvalue weighted by molar-refractivity contribution is 4.96. The summed E-state index contributed by atoms with van der Waals surface area (Å²) in [5.74, 6) is 1.75. The average Bonchev–Trinajstić information content (AvgIpc) is 2.58. The molecule has 0 N–H and O–H groups in total. The van der Waals surface area contributed by atoms with Crippen LogP contribution in [0.2, 0.25) is 0 Å². The van der Waals surface area contributed by atoms with E-state index in [1.54, 1.807) is 0 Å². The lowest BCUT2D eigenvalue weighted by Gasteiger charge is -2.45. The van der Waals surface area contributed by atoms with E-state index in [0.717, 1.165) is 18.8 Å². The molecular weight excluding hydrogens is 306 g/mol. The van der Waals surface area contributed by atoms with E-state index in [0.29, 0.717) is 18.3 Å². The van der Waals surface area contributed by atoms with Crippen LogP contribution in [-0.2, 0) is 4.74 Å². The topological polar surface area (TPSA) is 9.23 Å². The SMILES string of the molecule is CCCC(C)CCCCCC1CCC2CC(OC)C(F)C(F)C2C1. The van der Waals surface area contributed by atoms with Gasteiger partial charge in [-0.25, -0.2) is 8.78 Å². The highest BCUT2D eigenvalue weighted by Crippen LogP contribution is 2.46. The second-order valence-corrected chi connectivity index (χ2v) is 8.53. The summed E-state index contributed by atoms with van der Waals surface area (Å²) >= 11 is 0. The summed E-state index contributed by atoms with van der Waals surface area (Å²) in [6.07, 6.45) is 9.69. The molecule has 0 heterocycles. The lowest BCUT2D eigenvalue weighted by molar-refractivity contribution is -0.0956. The van der Waals surface area contributed by atoms with Crippen LogP contribution < -0.4 is 0 Å². The van der Waals surface area contributed by atoms with Crippen LogP contribution in [0.4, 0.5) is 8.78 Å². The van der Waals surface area contributed by atoms with Crippen LogP contribution in [0.5, 0.6) is 0 Å². The standard InChI is InChI=1S/C21H38F2O/c1-4-8-15(2)9-6-5-7-10-16-11-12-17-14-19(24-3)21(23)20(22)18(17)13-16/h15-21H,4-14H2,1-3H3. The minimum Gasteiger partial charge on any atom is -0.378 e. The zero-order valence-electron chi connectivity index (χ0n) is 16.0. The van der Waals surface area contributed by atoms with Gasteiger partial charge in [-0.1, -0.05) is 65.2 Å². The Morgan fingerprint density at radius 3 is 2.50 bits per heavy atom. The Bertz CT molecular complexity index is 347. The Morgan fingerprint density at radius 2 is 1.79 bits per heavy atom. The predicted molar refractivity (Wildman–Crippen MR) is 96.7 cm³/mol. The van der Waals surface area contributed by atoms with Crippen molar-refractivity contribution in [1.29, 1.82) is 0 Å². The number of hydrogen-bond acceptors (Lipinski definition) is 1. The van der Waals surface area contributed by atoms with Gasteiger partial charge in [0.15, 0.2) is 6.17 Å². The molecule has 0 amide bonds. The highest BCUT2D eigenvalue weighted by Gasteiger charge is 2.47. The molecule has 0 radical (unpaired) electrons. The fourth-order valence-electron chi connectivity index (χ4n) is 5.14. The van der Waals surface area contributed by atoms with Gasteiger partial charge < -0.3 is 4.74 Å². The summed E-state index contributed by atoms with van der Waals surface area (Å²) < 4.78 is 33.8. The van der Waals surface area contributed by atoms with Gasteiger partial charge in [0.25, 0.3) is 0 Å². The van der Waals surface area contributed by atoms with E-state index < -0.39 is 18.4 Å². The van der Waals surface area contributed by atoms with Crippen LogP contribution >= 0.6 is 0 Å². The van der Waals surface area contributed by atoms with E-state index in [2.05, 4.69) is 13.8 Å². The Kier molecular flexibility index (Phi) is 8.46. The molecule has 0 spiro atoms. The summed E-state index contributed by atoms with van der Waals surface area (Å²) in [5, 5.41) is 0. The van der Waals surface area contributed by atoms with E-state index in [-0.39, 0.29) is 5.92 Å². The van der Waals surface area contributed by atoms with Crippen molar-refractivity contribution in [2.24, 2.45) is 23.7 Å². The Balaban J connectivity index is 1.67. The maximum atomic E-state index is 14.5. The minimum absolute atomic E-state index is 0.0604. The van der Waals surface area contributed by atoms with Crippen molar-refractivity contribution in [2.75, 3.05) is 7.11 Å². The van der Waals surface area contributed by atoms with Crippen LogP contribution in [0.1, 0.15) is 84.5 Å². The van der Waals surface area contributed by atoms with Crippen LogP contribution in [0.15, 0.2) is 0 Å². The third kappa shape index (κ3) is 5.41. The number of rotatable bonds is 9. The van der Waals surface area contributed by atoms with E-state index >= 15 is 0 Å². The molecule has 3 heteroatoms. The number of fused-ring (bicyclic) bond motifs is 1. The number of unbranched alkanes of at least 4 members (excludes halogenated alkanes) is 2. The molecule has 0 saturated heterocycles. The first-order chi connectivity index (χ1) is 11.6. The first kappa shape index (κ1) is 20.1. The van der Waals surface area contributed by atoms with Gasteiger partial charge in [-0.05, 0) is 42.9 Å². The number of halogens is 2. The lowest BCUT2D eigenvalue weighted by atomic mass is 9.64. The van der Waals surface area contributed by atoms with Gasteiger partial charge in [0, 0.05) is 7.11 Å². The number of hydrogen-bond donors (Lipinski definition) is 0. The molecule has 0 aromatic heterocycles. The lowest BCUT2D eigenvalue weighted by Crippen LogP contribution is -2.49. The second kappa shape index (κ2) is 10.1. The predicted octanol–water partition coefficient (Wildman–Crippen LogP) is 6.50. The van der Waals surface area contributed by atoms with Gasteiger partial charge >= 0.3 is 0 Å². The van der Waals surface area contributed by atoms with Crippen molar-refractivity contribution in [3.63, 3.8) is 0 Å². The Hall–Kier alpha value is -0.180. The first-order valence-corrected chi connectivity index (χ1v) is 10.4. The maximum absolute atomic E-state index is 14.5. The molecule has 2 aliphatic rings. The average molecular weight is 345 g/mol. The molecule has 1 nitrogen and oxygen atoms in total. The number of methoxy groups -OCH3 is 1. The van der Waals surface area contributed by atoms with E-state index in [9.17, 15) is 8.78 Å². The highest BCUT2D eigenvalue weighted by atomic mass is 19.2. The molecule has 2 fully saturated rings. The van der Waals surface area contributed by atoms with Crippen molar-refractivity contribution in [3.8, 4) is 0 Å². The fraction of sp³-hybridized carbons (Fsp3) is 1.00. The van der Waals surface area contributed by atoms with Crippen LogP contribution in [0.25, 0.3) is 0 Å².